The molecule has 5 nitrogen and oxygen atoms in total. The van der Waals surface area contributed by atoms with E-state index in [9.17, 15) is 22.0 Å². The number of carbonyl (C=O) groups excluding carboxylic acids is 1. The molecule has 8 heteroatoms. The Hall–Kier alpha value is -2.32. The largest absolute Gasteiger partial charge is 0.341 e. The summed E-state index contributed by atoms with van der Waals surface area (Å²) in [6, 6.07) is 9.17. The summed E-state index contributed by atoms with van der Waals surface area (Å²) in [5.74, 6) is -1.57. The molecule has 0 unspecified atom stereocenters. The van der Waals surface area contributed by atoms with Crippen LogP contribution in [0.4, 0.5) is 8.78 Å². The van der Waals surface area contributed by atoms with Crippen LogP contribution in [0.15, 0.2) is 47.4 Å². The van der Waals surface area contributed by atoms with Gasteiger partial charge >= 0.3 is 0 Å². The van der Waals surface area contributed by atoms with Gasteiger partial charge in [-0.05, 0) is 30.2 Å². The third-order valence-corrected chi connectivity index (χ3v) is 4.66. The van der Waals surface area contributed by atoms with E-state index in [-0.39, 0.29) is 29.3 Å². The number of primary sulfonamides is 1. The topological polar surface area (TPSA) is 80.5 Å². The van der Waals surface area contributed by atoms with Gasteiger partial charge in [0.15, 0.2) is 0 Å². The summed E-state index contributed by atoms with van der Waals surface area (Å²) in [5.41, 5.74) is 1.01. The second-order valence-corrected chi connectivity index (χ2v) is 7.24. The number of nitrogens with two attached hydrogens (primary N) is 1. The van der Waals surface area contributed by atoms with Gasteiger partial charge in [0.2, 0.25) is 15.9 Å². The molecule has 0 aliphatic heterocycles. The quantitative estimate of drug-likeness (QED) is 0.849. The van der Waals surface area contributed by atoms with Gasteiger partial charge in [-0.1, -0.05) is 18.2 Å². The molecule has 0 radical (unpaired) electrons. The van der Waals surface area contributed by atoms with E-state index in [0.29, 0.717) is 6.42 Å². The van der Waals surface area contributed by atoms with Gasteiger partial charge in [0, 0.05) is 31.6 Å². The number of carbonyl (C=O) groups is 1. The van der Waals surface area contributed by atoms with E-state index in [1.165, 1.54) is 30.1 Å². The first-order chi connectivity index (χ1) is 11.7. The Morgan fingerprint density at radius 3 is 2.32 bits per heavy atom. The maximum atomic E-state index is 13.6. The molecule has 0 aromatic heterocycles. The van der Waals surface area contributed by atoms with Crippen molar-refractivity contribution in [2.75, 3.05) is 7.05 Å². The lowest BCUT2D eigenvalue weighted by Gasteiger charge is -2.17. The molecule has 2 aromatic carbocycles. The smallest absolute Gasteiger partial charge is 0.238 e. The Kier molecular flexibility index (Phi) is 5.86. The highest BCUT2D eigenvalue weighted by atomic mass is 32.2. The maximum Gasteiger partial charge on any atom is 0.238 e. The molecule has 2 aromatic rings. The minimum Gasteiger partial charge on any atom is -0.341 e. The zero-order valence-electron chi connectivity index (χ0n) is 13.6. The highest BCUT2D eigenvalue weighted by Gasteiger charge is 2.13. The van der Waals surface area contributed by atoms with Crippen LogP contribution in [0.2, 0.25) is 0 Å². The SMILES string of the molecule is CN(Cc1ccc(F)cc1F)C(=O)CCc1ccc(S(N)(=O)=O)cc1. The van der Waals surface area contributed by atoms with Gasteiger partial charge in [0.25, 0.3) is 0 Å². The van der Waals surface area contributed by atoms with Crippen molar-refractivity contribution >= 4 is 15.9 Å². The molecule has 0 saturated carbocycles. The first-order valence-electron chi connectivity index (χ1n) is 7.46. The molecule has 134 valence electrons. The Labute approximate surface area is 145 Å². The number of hydrogen-bond acceptors (Lipinski definition) is 3. The van der Waals surface area contributed by atoms with Crippen molar-refractivity contribution in [3.05, 3.63) is 65.2 Å². The molecule has 1 amide bonds. The van der Waals surface area contributed by atoms with Crippen LogP contribution >= 0.6 is 0 Å². The van der Waals surface area contributed by atoms with Gasteiger partial charge < -0.3 is 4.90 Å². The van der Waals surface area contributed by atoms with Crippen molar-refractivity contribution in [2.24, 2.45) is 5.14 Å². The number of benzene rings is 2. The van der Waals surface area contributed by atoms with Gasteiger partial charge in [-0.15, -0.1) is 0 Å². The minimum absolute atomic E-state index is 0.00600. The number of rotatable bonds is 6. The Balaban J connectivity index is 1.93. The average Bonchev–Trinajstić information content (AvgIpc) is 2.54. The number of aryl methyl sites for hydroxylation is 1. The molecule has 0 aliphatic carbocycles. The number of hydrogen-bond donors (Lipinski definition) is 1. The molecule has 0 atom stereocenters. The van der Waals surface area contributed by atoms with E-state index in [1.807, 2.05) is 0 Å². The van der Waals surface area contributed by atoms with Gasteiger partial charge in [-0.25, -0.2) is 22.3 Å². The summed E-state index contributed by atoms with van der Waals surface area (Å²) in [4.78, 5) is 13.5. The number of halogens is 2. The molecule has 0 aliphatic rings. The normalized spacial score (nSPS) is 11.4. The second-order valence-electron chi connectivity index (χ2n) is 5.67. The predicted molar refractivity (Wildman–Crippen MR) is 89.0 cm³/mol. The van der Waals surface area contributed by atoms with E-state index in [1.54, 1.807) is 12.1 Å². The number of nitrogens with zero attached hydrogens (tertiary/aromatic N) is 1. The molecule has 25 heavy (non-hydrogen) atoms. The van der Waals surface area contributed by atoms with E-state index < -0.39 is 21.7 Å². The standard InChI is InChI=1S/C17H18F2N2O3S/c1-21(11-13-5-6-14(18)10-16(13)19)17(22)9-4-12-2-7-15(8-3-12)25(20,23)24/h2-3,5-8,10H,4,9,11H2,1H3,(H2,20,23,24). The van der Waals surface area contributed by atoms with Crippen LogP contribution in [0.3, 0.4) is 0 Å². The zero-order valence-corrected chi connectivity index (χ0v) is 14.4. The lowest BCUT2D eigenvalue weighted by atomic mass is 10.1. The highest BCUT2D eigenvalue weighted by Crippen LogP contribution is 2.14. The number of sulfonamides is 1. The zero-order chi connectivity index (χ0) is 18.6. The third-order valence-electron chi connectivity index (χ3n) is 3.73. The van der Waals surface area contributed by atoms with Crippen LogP contribution in [-0.2, 0) is 27.8 Å². The molecular weight excluding hydrogens is 350 g/mol. The van der Waals surface area contributed by atoms with E-state index in [0.717, 1.165) is 17.7 Å². The lowest BCUT2D eigenvalue weighted by molar-refractivity contribution is -0.130. The van der Waals surface area contributed by atoms with Crippen LogP contribution < -0.4 is 5.14 Å². The number of amides is 1. The fraction of sp³-hybridized carbons (Fsp3) is 0.235. The van der Waals surface area contributed by atoms with Gasteiger partial charge in [-0.2, -0.15) is 0 Å². The monoisotopic (exact) mass is 368 g/mol. The van der Waals surface area contributed by atoms with Gasteiger partial charge in [0.1, 0.15) is 11.6 Å². The van der Waals surface area contributed by atoms with Gasteiger partial charge in [-0.3, -0.25) is 4.79 Å². The highest BCUT2D eigenvalue weighted by molar-refractivity contribution is 7.89. The van der Waals surface area contributed by atoms with Crippen molar-refractivity contribution in [1.29, 1.82) is 0 Å². The molecule has 0 fully saturated rings. The van der Waals surface area contributed by atoms with Crippen molar-refractivity contribution in [3.63, 3.8) is 0 Å². The predicted octanol–water partition coefficient (Wildman–Crippen LogP) is 2.20. The molecule has 2 N–H and O–H groups in total. The molecule has 0 heterocycles. The minimum atomic E-state index is -3.74. The third kappa shape index (κ3) is 5.33. The van der Waals surface area contributed by atoms with Crippen LogP contribution in [0.25, 0.3) is 0 Å². The molecule has 0 saturated heterocycles. The van der Waals surface area contributed by atoms with Crippen molar-refractivity contribution < 1.29 is 22.0 Å². The van der Waals surface area contributed by atoms with Crippen molar-refractivity contribution in [1.82, 2.24) is 4.90 Å². The summed E-state index contributed by atoms with van der Waals surface area (Å²) in [6.07, 6.45) is 0.577. The summed E-state index contributed by atoms with van der Waals surface area (Å²) < 4.78 is 48.9. The van der Waals surface area contributed by atoms with E-state index >= 15 is 0 Å². The van der Waals surface area contributed by atoms with E-state index in [2.05, 4.69) is 0 Å². The Morgan fingerprint density at radius 1 is 1.12 bits per heavy atom. The lowest BCUT2D eigenvalue weighted by Crippen LogP contribution is -2.26. The maximum absolute atomic E-state index is 13.6. The Bertz CT molecular complexity index is 868. The van der Waals surface area contributed by atoms with Crippen LogP contribution in [0, 0.1) is 11.6 Å². The summed E-state index contributed by atoms with van der Waals surface area (Å²) >= 11 is 0. The van der Waals surface area contributed by atoms with Crippen LogP contribution in [0.5, 0.6) is 0 Å². The molecule has 0 spiro atoms. The van der Waals surface area contributed by atoms with Crippen molar-refractivity contribution in [2.45, 2.75) is 24.3 Å². The van der Waals surface area contributed by atoms with E-state index in [4.69, 9.17) is 5.14 Å². The first kappa shape index (κ1) is 19.0. The fourth-order valence-electron chi connectivity index (χ4n) is 2.28. The molecular formula is C17H18F2N2O3S. The van der Waals surface area contributed by atoms with Crippen LogP contribution in [0.1, 0.15) is 17.5 Å². The summed E-state index contributed by atoms with van der Waals surface area (Å²) in [5, 5.41) is 5.02. The Morgan fingerprint density at radius 2 is 1.76 bits per heavy atom. The van der Waals surface area contributed by atoms with Gasteiger partial charge in [0.05, 0.1) is 4.90 Å². The fourth-order valence-corrected chi connectivity index (χ4v) is 2.80. The molecule has 2 rings (SSSR count). The first-order valence-corrected chi connectivity index (χ1v) is 9.01. The average molecular weight is 368 g/mol. The van der Waals surface area contributed by atoms with Crippen molar-refractivity contribution in [3.8, 4) is 0 Å². The summed E-state index contributed by atoms with van der Waals surface area (Å²) in [7, 11) is -2.21. The van der Waals surface area contributed by atoms with Crippen LogP contribution in [-0.4, -0.2) is 26.3 Å². The molecule has 0 bridgehead atoms. The second kappa shape index (κ2) is 7.71. The summed E-state index contributed by atoms with van der Waals surface area (Å²) in [6.45, 7) is 0.0370.